The van der Waals surface area contributed by atoms with Crippen LogP contribution in [0.4, 0.5) is 0 Å². The van der Waals surface area contributed by atoms with Crippen molar-refractivity contribution in [1.29, 1.82) is 0 Å². The van der Waals surface area contributed by atoms with Gasteiger partial charge in [0.1, 0.15) is 6.29 Å². The lowest BCUT2D eigenvalue weighted by atomic mass is 10.1. The molecule has 0 aliphatic carbocycles. The summed E-state index contributed by atoms with van der Waals surface area (Å²) < 4.78 is 1.64. The third-order valence-corrected chi connectivity index (χ3v) is 1.51. The van der Waals surface area contributed by atoms with Gasteiger partial charge in [-0.1, -0.05) is 13.8 Å². The maximum Gasteiger partial charge on any atom is 0.141 e. The predicted octanol–water partition coefficient (Wildman–Crippen LogP) is 1.21. The van der Waals surface area contributed by atoms with Crippen molar-refractivity contribution in [3.8, 4) is 0 Å². The fraction of sp³-hybridized carbons (Fsp3) is 0.500. The molecule has 0 aliphatic rings. The first-order valence-corrected chi connectivity index (χ1v) is 3.71. The van der Waals surface area contributed by atoms with Gasteiger partial charge in [-0.2, -0.15) is 5.10 Å². The highest BCUT2D eigenvalue weighted by Gasteiger charge is 2.01. The molecule has 0 unspecified atom stereocenters. The molecule has 0 aliphatic heterocycles. The van der Waals surface area contributed by atoms with Crippen molar-refractivity contribution in [2.45, 2.75) is 26.3 Å². The van der Waals surface area contributed by atoms with E-state index in [0.29, 0.717) is 12.5 Å². The summed E-state index contributed by atoms with van der Waals surface area (Å²) in [6, 6.07) is 1.94. The summed E-state index contributed by atoms with van der Waals surface area (Å²) in [6.07, 6.45) is 2.67. The lowest BCUT2D eigenvalue weighted by molar-refractivity contribution is -0.108. The molecule has 0 saturated heterocycles. The molecule has 1 aromatic rings. The summed E-state index contributed by atoms with van der Waals surface area (Å²) in [5.41, 5.74) is 1.03. The molecule has 11 heavy (non-hydrogen) atoms. The highest BCUT2D eigenvalue weighted by Crippen LogP contribution is 2.09. The molecule has 0 fully saturated rings. The maximum absolute atomic E-state index is 10.1. The van der Waals surface area contributed by atoms with Gasteiger partial charge in [0, 0.05) is 6.20 Å². The molecule has 1 heterocycles. The van der Waals surface area contributed by atoms with Crippen molar-refractivity contribution >= 4 is 6.29 Å². The van der Waals surface area contributed by atoms with Crippen LogP contribution in [0.3, 0.4) is 0 Å². The molecule has 0 amide bonds. The van der Waals surface area contributed by atoms with Gasteiger partial charge >= 0.3 is 0 Å². The molecule has 1 rings (SSSR count). The lowest BCUT2D eigenvalue weighted by Crippen LogP contribution is -2.00. The second kappa shape index (κ2) is 3.32. The number of aldehydes is 1. The van der Waals surface area contributed by atoms with E-state index in [2.05, 4.69) is 18.9 Å². The molecule has 3 nitrogen and oxygen atoms in total. The first-order valence-electron chi connectivity index (χ1n) is 3.71. The number of hydrogen-bond donors (Lipinski definition) is 0. The van der Waals surface area contributed by atoms with Gasteiger partial charge < -0.3 is 4.79 Å². The van der Waals surface area contributed by atoms with E-state index in [-0.39, 0.29) is 0 Å². The monoisotopic (exact) mass is 152 g/mol. The SMILES string of the molecule is CC(C)c1ccn(CC=O)n1. The zero-order chi connectivity index (χ0) is 8.27. The molecule has 0 aromatic carbocycles. The molecule has 0 atom stereocenters. The highest BCUT2D eigenvalue weighted by atomic mass is 16.1. The molecule has 0 radical (unpaired) electrons. The Labute approximate surface area is 66.0 Å². The minimum Gasteiger partial charge on any atom is -0.301 e. The first-order chi connectivity index (χ1) is 5.24. The molecule has 0 saturated carbocycles. The minimum absolute atomic E-state index is 0.354. The van der Waals surface area contributed by atoms with E-state index in [9.17, 15) is 4.79 Å². The summed E-state index contributed by atoms with van der Waals surface area (Å²) in [6.45, 7) is 4.51. The number of carbonyl (C=O) groups is 1. The van der Waals surface area contributed by atoms with Crippen LogP contribution in [0.2, 0.25) is 0 Å². The molecule has 3 heteroatoms. The topological polar surface area (TPSA) is 34.9 Å². The lowest BCUT2D eigenvalue weighted by Gasteiger charge is -1.97. The number of aromatic nitrogens is 2. The standard InChI is InChI=1S/C8H12N2O/c1-7(2)8-3-4-10(9-8)5-6-11/h3-4,6-7H,5H2,1-2H3. The summed E-state index contributed by atoms with van der Waals surface area (Å²) >= 11 is 0. The Hall–Kier alpha value is -1.12. The molecule has 60 valence electrons. The smallest absolute Gasteiger partial charge is 0.141 e. The second-order valence-corrected chi connectivity index (χ2v) is 2.78. The van der Waals surface area contributed by atoms with Crippen LogP contribution in [0.25, 0.3) is 0 Å². The van der Waals surface area contributed by atoms with Crippen molar-refractivity contribution in [2.75, 3.05) is 0 Å². The number of nitrogens with zero attached hydrogens (tertiary/aromatic N) is 2. The van der Waals surface area contributed by atoms with Crippen LogP contribution in [0, 0.1) is 0 Å². The molecule has 0 N–H and O–H groups in total. The molecular formula is C8H12N2O. The van der Waals surface area contributed by atoms with E-state index < -0.39 is 0 Å². The zero-order valence-electron chi connectivity index (χ0n) is 6.82. The average Bonchev–Trinajstić information content (AvgIpc) is 2.37. The summed E-state index contributed by atoms with van der Waals surface area (Å²) in [5, 5.41) is 4.18. The van der Waals surface area contributed by atoms with Gasteiger partial charge in [-0.15, -0.1) is 0 Å². The van der Waals surface area contributed by atoms with Crippen molar-refractivity contribution in [3.05, 3.63) is 18.0 Å². The largest absolute Gasteiger partial charge is 0.301 e. The molecule has 1 aromatic heterocycles. The van der Waals surface area contributed by atoms with Crippen molar-refractivity contribution < 1.29 is 4.79 Å². The third kappa shape index (κ3) is 1.90. The Balaban J connectivity index is 2.73. The normalized spacial score (nSPS) is 10.5. The molecule has 0 bridgehead atoms. The number of hydrogen-bond acceptors (Lipinski definition) is 2. The van der Waals surface area contributed by atoms with E-state index >= 15 is 0 Å². The summed E-state index contributed by atoms with van der Waals surface area (Å²) in [7, 11) is 0. The van der Waals surface area contributed by atoms with Gasteiger partial charge in [-0.3, -0.25) is 4.68 Å². The van der Waals surface area contributed by atoms with E-state index in [4.69, 9.17) is 0 Å². The van der Waals surface area contributed by atoms with E-state index in [1.54, 1.807) is 4.68 Å². The second-order valence-electron chi connectivity index (χ2n) is 2.78. The maximum atomic E-state index is 10.1. The molecule has 0 spiro atoms. The van der Waals surface area contributed by atoms with Crippen molar-refractivity contribution in [3.63, 3.8) is 0 Å². The Morgan fingerprint density at radius 3 is 2.91 bits per heavy atom. The summed E-state index contributed by atoms with van der Waals surface area (Å²) in [5.74, 6) is 0.433. The van der Waals surface area contributed by atoms with E-state index in [0.717, 1.165) is 12.0 Å². The van der Waals surface area contributed by atoms with Gasteiger partial charge in [0.15, 0.2) is 0 Å². The van der Waals surface area contributed by atoms with Gasteiger partial charge in [0.25, 0.3) is 0 Å². The van der Waals surface area contributed by atoms with Gasteiger partial charge in [-0.25, -0.2) is 0 Å². The van der Waals surface area contributed by atoms with Crippen molar-refractivity contribution in [2.24, 2.45) is 0 Å². The van der Waals surface area contributed by atoms with Gasteiger partial charge in [0.05, 0.1) is 12.2 Å². The van der Waals surface area contributed by atoms with Gasteiger partial charge in [0.2, 0.25) is 0 Å². The average molecular weight is 152 g/mol. The highest BCUT2D eigenvalue weighted by molar-refractivity contribution is 5.48. The van der Waals surface area contributed by atoms with Crippen LogP contribution in [0.5, 0.6) is 0 Å². The first kappa shape index (κ1) is 7.98. The Morgan fingerprint density at radius 1 is 1.73 bits per heavy atom. The fourth-order valence-electron chi connectivity index (χ4n) is 0.863. The Bertz CT molecular complexity index is 240. The predicted molar refractivity (Wildman–Crippen MR) is 42.4 cm³/mol. The van der Waals surface area contributed by atoms with E-state index in [1.165, 1.54) is 0 Å². The summed E-state index contributed by atoms with van der Waals surface area (Å²) in [4.78, 5) is 10.1. The fourth-order valence-corrected chi connectivity index (χ4v) is 0.863. The van der Waals surface area contributed by atoms with Crippen molar-refractivity contribution in [1.82, 2.24) is 9.78 Å². The third-order valence-electron chi connectivity index (χ3n) is 1.51. The number of carbonyl (C=O) groups excluding carboxylic acids is 1. The Morgan fingerprint density at radius 2 is 2.45 bits per heavy atom. The minimum atomic E-state index is 0.354. The van der Waals surface area contributed by atoms with Crippen LogP contribution in [-0.4, -0.2) is 16.1 Å². The van der Waals surface area contributed by atoms with Crippen LogP contribution in [0.15, 0.2) is 12.3 Å². The van der Waals surface area contributed by atoms with Crippen LogP contribution < -0.4 is 0 Å². The van der Waals surface area contributed by atoms with Crippen LogP contribution in [-0.2, 0) is 11.3 Å². The van der Waals surface area contributed by atoms with Crippen LogP contribution in [0.1, 0.15) is 25.5 Å². The quantitative estimate of drug-likeness (QED) is 0.610. The zero-order valence-corrected chi connectivity index (χ0v) is 6.82. The van der Waals surface area contributed by atoms with Crippen LogP contribution >= 0.6 is 0 Å². The van der Waals surface area contributed by atoms with Gasteiger partial charge in [-0.05, 0) is 12.0 Å². The van der Waals surface area contributed by atoms with E-state index in [1.807, 2.05) is 12.3 Å². The molecular weight excluding hydrogens is 140 g/mol. The Kier molecular flexibility index (Phi) is 2.41. The number of rotatable bonds is 3.